The highest BCUT2D eigenvalue weighted by Gasteiger charge is 2.31. The van der Waals surface area contributed by atoms with E-state index in [1.54, 1.807) is 33.8 Å². The number of amides is 1. The van der Waals surface area contributed by atoms with E-state index in [1.807, 2.05) is 0 Å². The van der Waals surface area contributed by atoms with Gasteiger partial charge >= 0.3 is 6.18 Å². The fourth-order valence-corrected chi connectivity index (χ4v) is 5.36. The second-order valence-electron chi connectivity index (χ2n) is 9.72. The number of nitrogens with zero attached hydrogens (tertiary/aromatic N) is 5. The Kier molecular flexibility index (Phi) is 6.59. The molecular formula is C27H26F3N5O4. The zero-order valence-corrected chi connectivity index (χ0v) is 21.0. The first-order chi connectivity index (χ1) is 18.8. The van der Waals surface area contributed by atoms with E-state index in [-0.39, 0.29) is 22.5 Å². The highest BCUT2D eigenvalue weighted by Crippen LogP contribution is 2.33. The van der Waals surface area contributed by atoms with Gasteiger partial charge < -0.3 is 14.4 Å². The topological polar surface area (TPSA) is 91.5 Å². The molecule has 2 saturated heterocycles. The molecule has 1 unspecified atom stereocenters. The van der Waals surface area contributed by atoms with Gasteiger partial charge in [-0.1, -0.05) is 18.2 Å². The lowest BCUT2D eigenvalue weighted by atomic mass is 10.00. The summed E-state index contributed by atoms with van der Waals surface area (Å²) in [7, 11) is 0. The van der Waals surface area contributed by atoms with E-state index in [0.29, 0.717) is 61.4 Å². The SMILES string of the molecule is O=C(c1ncccc1-c1ccc2c3c(cnn3C3CCCCO3)c(=O)n(CC(F)(F)F)c2c1)N1CCOCC1. The van der Waals surface area contributed by atoms with Crippen LogP contribution in [0.25, 0.3) is 32.9 Å². The highest BCUT2D eigenvalue weighted by atomic mass is 19.4. The molecule has 2 aliphatic rings. The van der Waals surface area contributed by atoms with Crippen molar-refractivity contribution in [3.63, 3.8) is 0 Å². The fourth-order valence-electron chi connectivity index (χ4n) is 5.36. The Balaban J connectivity index is 1.55. The predicted octanol–water partition coefficient (Wildman–Crippen LogP) is 4.15. The van der Waals surface area contributed by atoms with E-state index in [9.17, 15) is 22.8 Å². The Morgan fingerprint density at radius 1 is 1.08 bits per heavy atom. The van der Waals surface area contributed by atoms with Gasteiger partial charge in [0.25, 0.3) is 11.5 Å². The number of benzene rings is 1. The third-order valence-corrected chi connectivity index (χ3v) is 7.20. The fraction of sp³-hybridized carbons (Fsp3) is 0.407. The highest BCUT2D eigenvalue weighted by molar-refractivity contribution is 6.06. The standard InChI is InChI=1S/C27H26F3N5O4/c28-27(29,30)16-34-21-14-17(18-4-3-8-31-23(18)26(37)33-9-12-38-13-10-33)6-7-19(21)24-20(25(34)36)15-32-35(24)22-5-1-2-11-39-22/h3-4,6-8,14-15,22H,1-2,5,9-13,16H2. The van der Waals surface area contributed by atoms with Crippen molar-refractivity contribution in [3.05, 3.63) is 58.8 Å². The number of alkyl halides is 3. The average Bonchev–Trinajstić information content (AvgIpc) is 3.41. The number of pyridine rings is 2. The number of hydrogen-bond acceptors (Lipinski definition) is 6. The maximum atomic E-state index is 13.7. The Morgan fingerprint density at radius 3 is 2.64 bits per heavy atom. The maximum Gasteiger partial charge on any atom is 0.406 e. The zero-order valence-electron chi connectivity index (χ0n) is 21.0. The van der Waals surface area contributed by atoms with Crippen LogP contribution in [-0.2, 0) is 16.0 Å². The Morgan fingerprint density at radius 2 is 1.90 bits per heavy atom. The quantitative estimate of drug-likeness (QED) is 0.386. The summed E-state index contributed by atoms with van der Waals surface area (Å²) in [5, 5.41) is 4.90. The van der Waals surface area contributed by atoms with Crippen LogP contribution >= 0.6 is 0 Å². The van der Waals surface area contributed by atoms with Crippen LogP contribution in [0.2, 0.25) is 0 Å². The molecule has 1 amide bonds. The van der Waals surface area contributed by atoms with Crippen LogP contribution in [0.1, 0.15) is 36.0 Å². The van der Waals surface area contributed by atoms with Gasteiger partial charge in [-0.3, -0.25) is 19.1 Å². The van der Waals surface area contributed by atoms with E-state index in [1.165, 1.54) is 18.5 Å². The van der Waals surface area contributed by atoms with E-state index in [2.05, 4.69) is 10.1 Å². The van der Waals surface area contributed by atoms with Crippen LogP contribution in [0.5, 0.6) is 0 Å². The number of carbonyl (C=O) groups is 1. The normalized spacial score (nSPS) is 18.6. The van der Waals surface area contributed by atoms with Crippen LogP contribution in [0.3, 0.4) is 0 Å². The van der Waals surface area contributed by atoms with Gasteiger partial charge in [0, 0.05) is 36.8 Å². The average molecular weight is 542 g/mol. The van der Waals surface area contributed by atoms with E-state index < -0.39 is 24.5 Å². The molecule has 12 heteroatoms. The molecule has 2 fully saturated rings. The molecule has 0 N–H and O–H groups in total. The minimum atomic E-state index is -4.63. The molecule has 0 aliphatic carbocycles. The van der Waals surface area contributed by atoms with Crippen molar-refractivity contribution in [2.45, 2.75) is 38.2 Å². The lowest BCUT2D eigenvalue weighted by Crippen LogP contribution is -2.41. The van der Waals surface area contributed by atoms with Crippen LogP contribution in [0.15, 0.2) is 47.5 Å². The summed E-state index contributed by atoms with van der Waals surface area (Å²) >= 11 is 0. The van der Waals surface area contributed by atoms with Crippen molar-refractivity contribution in [2.75, 3.05) is 32.9 Å². The molecule has 204 valence electrons. The molecule has 1 aromatic carbocycles. The van der Waals surface area contributed by atoms with E-state index >= 15 is 0 Å². The molecule has 0 radical (unpaired) electrons. The monoisotopic (exact) mass is 541 g/mol. The molecule has 0 bridgehead atoms. The summed E-state index contributed by atoms with van der Waals surface area (Å²) in [4.78, 5) is 32.7. The number of morpholine rings is 1. The summed E-state index contributed by atoms with van der Waals surface area (Å²) in [6, 6.07) is 8.30. The first kappa shape index (κ1) is 25.5. The van der Waals surface area contributed by atoms with Crippen molar-refractivity contribution in [2.24, 2.45) is 0 Å². The minimum absolute atomic E-state index is 0.0912. The number of fused-ring (bicyclic) bond motifs is 3. The maximum absolute atomic E-state index is 13.7. The molecule has 39 heavy (non-hydrogen) atoms. The van der Waals surface area contributed by atoms with Gasteiger partial charge in [0.05, 0.1) is 35.8 Å². The van der Waals surface area contributed by atoms with E-state index in [4.69, 9.17) is 9.47 Å². The summed E-state index contributed by atoms with van der Waals surface area (Å²) in [6.07, 6.45) is 0.294. The summed E-state index contributed by atoms with van der Waals surface area (Å²) in [5.74, 6) is -0.287. The Hall–Kier alpha value is -3.77. The second kappa shape index (κ2) is 10.1. The van der Waals surface area contributed by atoms with Gasteiger partial charge in [-0.05, 0) is 37.0 Å². The second-order valence-corrected chi connectivity index (χ2v) is 9.72. The Bertz CT molecular complexity index is 1600. The number of rotatable bonds is 4. The van der Waals surface area contributed by atoms with Crippen molar-refractivity contribution in [1.82, 2.24) is 24.2 Å². The molecule has 0 saturated carbocycles. The van der Waals surface area contributed by atoms with Crippen molar-refractivity contribution >= 4 is 27.7 Å². The van der Waals surface area contributed by atoms with Gasteiger partial charge in [-0.2, -0.15) is 18.3 Å². The van der Waals surface area contributed by atoms with Crippen LogP contribution in [0.4, 0.5) is 13.2 Å². The van der Waals surface area contributed by atoms with Crippen molar-refractivity contribution in [1.29, 1.82) is 0 Å². The minimum Gasteiger partial charge on any atom is -0.378 e. The van der Waals surface area contributed by atoms with Crippen LogP contribution in [0, 0.1) is 0 Å². The number of hydrogen-bond donors (Lipinski definition) is 0. The van der Waals surface area contributed by atoms with Gasteiger partial charge in [-0.25, -0.2) is 4.68 Å². The first-order valence-corrected chi connectivity index (χ1v) is 12.9. The number of ether oxygens (including phenoxy) is 2. The van der Waals surface area contributed by atoms with Gasteiger partial charge in [0.1, 0.15) is 12.2 Å². The Labute approximate surface area is 220 Å². The van der Waals surface area contributed by atoms with Gasteiger partial charge in [-0.15, -0.1) is 0 Å². The summed E-state index contributed by atoms with van der Waals surface area (Å²) in [6.45, 7) is 0.759. The molecule has 6 rings (SSSR count). The third kappa shape index (κ3) is 4.78. The lowest BCUT2D eigenvalue weighted by molar-refractivity contribution is -0.140. The molecule has 3 aromatic heterocycles. The number of halogens is 3. The van der Waals surface area contributed by atoms with Crippen molar-refractivity contribution < 1.29 is 27.4 Å². The van der Waals surface area contributed by atoms with Crippen LogP contribution in [-0.4, -0.2) is 69.2 Å². The molecule has 5 heterocycles. The third-order valence-electron chi connectivity index (χ3n) is 7.20. The molecule has 4 aromatic rings. The zero-order chi connectivity index (χ0) is 27.1. The lowest BCUT2D eigenvalue weighted by Gasteiger charge is -2.27. The molecule has 9 nitrogen and oxygen atoms in total. The van der Waals surface area contributed by atoms with E-state index in [0.717, 1.165) is 17.4 Å². The van der Waals surface area contributed by atoms with Gasteiger partial charge in [0.15, 0.2) is 6.23 Å². The van der Waals surface area contributed by atoms with Gasteiger partial charge in [0.2, 0.25) is 0 Å². The van der Waals surface area contributed by atoms with Crippen LogP contribution < -0.4 is 5.56 Å². The molecule has 0 spiro atoms. The summed E-state index contributed by atoms with van der Waals surface area (Å²) in [5.41, 5.74) is 0.860. The predicted molar refractivity (Wildman–Crippen MR) is 136 cm³/mol. The number of aromatic nitrogens is 4. The molecular weight excluding hydrogens is 515 g/mol. The molecule has 1 atom stereocenters. The largest absolute Gasteiger partial charge is 0.406 e. The molecule has 2 aliphatic heterocycles. The summed E-state index contributed by atoms with van der Waals surface area (Å²) < 4.78 is 54.6. The number of carbonyl (C=O) groups excluding carboxylic acids is 1. The smallest absolute Gasteiger partial charge is 0.378 e. The first-order valence-electron chi connectivity index (χ1n) is 12.9. The van der Waals surface area contributed by atoms with Crippen molar-refractivity contribution in [3.8, 4) is 11.1 Å².